The Morgan fingerprint density at radius 2 is 2.00 bits per heavy atom. The number of aliphatic hydroxyl groups is 1. The first-order valence-electron chi connectivity index (χ1n) is 6.74. The highest BCUT2D eigenvalue weighted by atomic mass is 16.5. The number of rotatable bonds is 4. The molecule has 104 valence electrons. The zero-order valence-corrected chi connectivity index (χ0v) is 11.6. The first-order valence-corrected chi connectivity index (χ1v) is 6.74. The number of aliphatic hydroxyl groups excluding tert-OH is 1. The molecule has 1 N–H and O–H groups in total. The van der Waals surface area contributed by atoms with Gasteiger partial charge < -0.3 is 14.7 Å². The molecule has 1 aliphatic heterocycles. The number of amides is 1. The second-order valence-corrected chi connectivity index (χ2v) is 5.06. The van der Waals surface area contributed by atoms with Gasteiger partial charge in [0.05, 0.1) is 6.61 Å². The van der Waals surface area contributed by atoms with E-state index >= 15 is 0 Å². The summed E-state index contributed by atoms with van der Waals surface area (Å²) in [6.07, 6.45) is 0.759. The van der Waals surface area contributed by atoms with E-state index < -0.39 is 6.10 Å². The van der Waals surface area contributed by atoms with Crippen LogP contribution in [0.2, 0.25) is 0 Å². The smallest absolute Gasteiger partial charge is 0.256 e. The highest BCUT2D eigenvalue weighted by molar-refractivity contribution is 5.97. The molecule has 1 saturated heterocycles. The van der Waals surface area contributed by atoms with Gasteiger partial charge in [-0.25, -0.2) is 0 Å². The molecule has 1 aromatic carbocycles. The van der Waals surface area contributed by atoms with Crippen LogP contribution in [0, 0.1) is 13.8 Å². The lowest BCUT2D eigenvalue weighted by molar-refractivity contribution is -0.134. The molecule has 2 rings (SSSR count). The predicted octanol–water partition coefficient (Wildman–Crippen LogP) is 1.81. The summed E-state index contributed by atoms with van der Waals surface area (Å²) in [6.45, 7) is 5.30. The van der Waals surface area contributed by atoms with Gasteiger partial charge >= 0.3 is 0 Å². The Balaban J connectivity index is 2.16. The van der Waals surface area contributed by atoms with Crippen molar-refractivity contribution in [2.24, 2.45) is 0 Å². The summed E-state index contributed by atoms with van der Waals surface area (Å²) in [5.41, 5.74) is 3.25. The fourth-order valence-electron chi connectivity index (χ4n) is 2.49. The number of morpholine rings is 1. The molecule has 0 radical (unpaired) electrons. The quantitative estimate of drug-likeness (QED) is 0.901. The Morgan fingerprint density at radius 3 is 2.63 bits per heavy atom. The number of anilines is 1. The van der Waals surface area contributed by atoms with E-state index in [0.29, 0.717) is 26.0 Å². The van der Waals surface area contributed by atoms with Gasteiger partial charge in [0, 0.05) is 18.8 Å². The van der Waals surface area contributed by atoms with E-state index in [-0.39, 0.29) is 12.5 Å². The van der Waals surface area contributed by atoms with E-state index in [2.05, 4.69) is 6.07 Å². The van der Waals surface area contributed by atoms with Crippen molar-refractivity contribution in [3.05, 3.63) is 29.3 Å². The molecule has 4 nitrogen and oxygen atoms in total. The highest BCUT2D eigenvalue weighted by Gasteiger charge is 2.30. The van der Waals surface area contributed by atoms with Crippen molar-refractivity contribution in [1.82, 2.24) is 0 Å². The summed E-state index contributed by atoms with van der Waals surface area (Å²) in [5, 5.41) is 8.86. The average Bonchev–Trinajstić information content (AvgIpc) is 2.36. The van der Waals surface area contributed by atoms with Crippen LogP contribution in [0.5, 0.6) is 0 Å². The Morgan fingerprint density at radius 1 is 1.32 bits per heavy atom. The van der Waals surface area contributed by atoms with Crippen molar-refractivity contribution in [3.63, 3.8) is 0 Å². The molecular weight excluding hydrogens is 242 g/mol. The van der Waals surface area contributed by atoms with Crippen LogP contribution in [0.3, 0.4) is 0 Å². The Labute approximate surface area is 114 Å². The largest absolute Gasteiger partial charge is 0.396 e. The van der Waals surface area contributed by atoms with Crippen LogP contribution >= 0.6 is 0 Å². The standard InChI is InChI=1S/C15H21NO3/c1-11-8-12(2)10-13(9-11)16-5-7-19-14(15(16)18)4-3-6-17/h8-10,14,17H,3-7H2,1-2H3. The van der Waals surface area contributed by atoms with E-state index in [1.165, 1.54) is 0 Å². The Hall–Kier alpha value is -1.39. The number of nitrogens with zero attached hydrogens (tertiary/aromatic N) is 1. The zero-order valence-electron chi connectivity index (χ0n) is 11.6. The van der Waals surface area contributed by atoms with Crippen LogP contribution in [-0.4, -0.2) is 36.9 Å². The van der Waals surface area contributed by atoms with Crippen LogP contribution in [0.1, 0.15) is 24.0 Å². The summed E-state index contributed by atoms with van der Waals surface area (Å²) in [7, 11) is 0. The maximum Gasteiger partial charge on any atom is 0.256 e. The number of ether oxygens (including phenoxy) is 1. The molecule has 0 saturated carbocycles. The van der Waals surface area contributed by atoms with Crippen LogP contribution in [0.15, 0.2) is 18.2 Å². The lowest BCUT2D eigenvalue weighted by Crippen LogP contribution is -2.48. The molecule has 1 amide bonds. The summed E-state index contributed by atoms with van der Waals surface area (Å²) in [6, 6.07) is 6.15. The first-order chi connectivity index (χ1) is 9.11. The Kier molecular flexibility index (Phi) is 4.56. The number of hydrogen-bond acceptors (Lipinski definition) is 3. The molecule has 19 heavy (non-hydrogen) atoms. The molecule has 1 atom stereocenters. The SMILES string of the molecule is Cc1cc(C)cc(N2CCOC(CCCO)C2=O)c1. The third kappa shape index (κ3) is 3.33. The summed E-state index contributed by atoms with van der Waals surface area (Å²) in [5.74, 6) is 0.00435. The van der Waals surface area contributed by atoms with Crippen molar-refractivity contribution in [3.8, 4) is 0 Å². The first kappa shape index (κ1) is 14.0. The maximum atomic E-state index is 12.4. The molecule has 0 aromatic heterocycles. The lowest BCUT2D eigenvalue weighted by atomic mass is 10.1. The zero-order chi connectivity index (χ0) is 13.8. The molecule has 1 heterocycles. The van der Waals surface area contributed by atoms with Crippen LogP contribution in [0.4, 0.5) is 5.69 Å². The molecule has 1 aliphatic rings. The van der Waals surface area contributed by atoms with Crippen LogP contribution < -0.4 is 4.90 Å². The highest BCUT2D eigenvalue weighted by Crippen LogP contribution is 2.23. The second kappa shape index (κ2) is 6.17. The van der Waals surface area contributed by atoms with Crippen molar-refractivity contribution in [2.75, 3.05) is 24.7 Å². The van der Waals surface area contributed by atoms with Gasteiger partial charge in [0.15, 0.2) is 0 Å². The molecule has 1 fully saturated rings. The lowest BCUT2D eigenvalue weighted by Gasteiger charge is -2.32. The molecule has 1 aromatic rings. The van der Waals surface area contributed by atoms with Gasteiger partial charge in [-0.1, -0.05) is 6.07 Å². The number of benzene rings is 1. The average molecular weight is 263 g/mol. The number of hydrogen-bond donors (Lipinski definition) is 1. The minimum Gasteiger partial charge on any atom is -0.396 e. The minimum absolute atomic E-state index is 0.00435. The van der Waals surface area contributed by atoms with Gasteiger partial charge in [0.2, 0.25) is 0 Å². The predicted molar refractivity (Wildman–Crippen MR) is 74.3 cm³/mol. The van der Waals surface area contributed by atoms with Crippen LogP contribution in [-0.2, 0) is 9.53 Å². The van der Waals surface area contributed by atoms with Crippen molar-refractivity contribution in [2.45, 2.75) is 32.8 Å². The minimum atomic E-state index is -0.415. The molecule has 0 aliphatic carbocycles. The third-order valence-corrected chi connectivity index (χ3v) is 3.32. The van der Waals surface area contributed by atoms with Gasteiger partial charge in [0.1, 0.15) is 6.10 Å². The molecule has 0 bridgehead atoms. The van der Waals surface area contributed by atoms with Crippen molar-refractivity contribution >= 4 is 11.6 Å². The van der Waals surface area contributed by atoms with Gasteiger partial charge in [-0.3, -0.25) is 4.79 Å². The topological polar surface area (TPSA) is 49.8 Å². The third-order valence-electron chi connectivity index (χ3n) is 3.32. The number of carbonyl (C=O) groups is 1. The molecular formula is C15H21NO3. The van der Waals surface area contributed by atoms with Crippen molar-refractivity contribution in [1.29, 1.82) is 0 Å². The fraction of sp³-hybridized carbons (Fsp3) is 0.533. The van der Waals surface area contributed by atoms with Gasteiger partial charge in [-0.05, 0) is 49.9 Å². The number of carbonyl (C=O) groups excluding carboxylic acids is 1. The maximum absolute atomic E-state index is 12.4. The van der Waals surface area contributed by atoms with E-state index in [0.717, 1.165) is 16.8 Å². The van der Waals surface area contributed by atoms with Gasteiger partial charge in [-0.15, -0.1) is 0 Å². The molecule has 0 spiro atoms. The van der Waals surface area contributed by atoms with Gasteiger partial charge in [0.25, 0.3) is 5.91 Å². The second-order valence-electron chi connectivity index (χ2n) is 5.06. The Bertz CT molecular complexity index is 438. The van der Waals surface area contributed by atoms with E-state index in [4.69, 9.17) is 9.84 Å². The van der Waals surface area contributed by atoms with Crippen LogP contribution in [0.25, 0.3) is 0 Å². The number of aryl methyl sites for hydroxylation is 2. The summed E-state index contributed by atoms with van der Waals surface area (Å²) in [4.78, 5) is 14.2. The molecule has 1 unspecified atom stereocenters. The monoisotopic (exact) mass is 263 g/mol. The normalized spacial score (nSPS) is 19.8. The fourth-order valence-corrected chi connectivity index (χ4v) is 2.49. The molecule has 4 heteroatoms. The van der Waals surface area contributed by atoms with E-state index in [9.17, 15) is 4.79 Å². The van der Waals surface area contributed by atoms with Crippen molar-refractivity contribution < 1.29 is 14.6 Å². The summed E-state index contributed by atoms with van der Waals surface area (Å²) >= 11 is 0. The van der Waals surface area contributed by atoms with E-state index in [1.54, 1.807) is 4.90 Å². The van der Waals surface area contributed by atoms with Gasteiger partial charge in [-0.2, -0.15) is 0 Å². The van der Waals surface area contributed by atoms with E-state index in [1.807, 2.05) is 26.0 Å². The summed E-state index contributed by atoms with van der Waals surface area (Å²) < 4.78 is 5.50.